The number of hydrogen-bond donors (Lipinski definition) is 1. The first-order valence-corrected chi connectivity index (χ1v) is 7.40. The SMILES string of the molecule is CCNC(=O)CCn1c(CCCl)nc2cc(Cl)cnc21. The van der Waals surface area contributed by atoms with E-state index in [4.69, 9.17) is 23.2 Å². The Morgan fingerprint density at radius 2 is 2.30 bits per heavy atom. The molecule has 2 rings (SSSR count). The van der Waals surface area contributed by atoms with Crippen molar-refractivity contribution in [2.24, 2.45) is 0 Å². The average molecular weight is 315 g/mol. The average Bonchev–Trinajstić information content (AvgIpc) is 2.74. The summed E-state index contributed by atoms with van der Waals surface area (Å²) in [6.45, 7) is 3.06. The number of hydrogen-bond acceptors (Lipinski definition) is 3. The van der Waals surface area contributed by atoms with Gasteiger partial charge in [-0.2, -0.15) is 0 Å². The molecule has 0 aliphatic carbocycles. The van der Waals surface area contributed by atoms with Gasteiger partial charge in [-0.05, 0) is 13.0 Å². The van der Waals surface area contributed by atoms with Crippen LogP contribution < -0.4 is 5.32 Å². The van der Waals surface area contributed by atoms with Crippen molar-refractivity contribution in [3.8, 4) is 0 Å². The highest BCUT2D eigenvalue weighted by Crippen LogP contribution is 2.19. The number of carbonyl (C=O) groups excluding carboxylic acids is 1. The molecular formula is C13H16Cl2N4O. The summed E-state index contributed by atoms with van der Waals surface area (Å²) in [4.78, 5) is 20.4. The van der Waals surface area contributed by atoms with Crippen LogP contribution in [0.15, 0.2) is 12.3 Å². The lowest BCUT2D eigenvalue weighted by atomic mass is 10.3. The summed E-state index contributed by atoms with van der Waals surface area (Å²) in [7, 11) is 0. The largest absolute Gasteiger partial charge is 0.356 e. The monoisotopic (exact) mass is 314 g/mol. The van der Waals surface area contributed by atoms with Crippen LogP contribution >= 0.6 is 23.2 Å². The third kappa shape index (κ3) is 3.41. The zero-order valence-electron chi connectivity index (χ0n) is 11.2. The van der Waals surface area contributed by atoms with Crippen molar-refractivity contribution in [2.75, 3.05) is 12.4 Å². The van der Waals surface area contributed by atoms with Crippen LogP contribution in [0, 0.1) is 0 Å². The van der Waals surface area contributed by atoms with Crippen LogP contribution in [0.5, 0.6) is 0 Å². The number of nitrogens with zero attached hydrogens (tertiary/aromatic N) is 3. The Balaban J connectivity index is 2.28. The first kappa shape index (κ1) is 15.1. The minimum atomic E-state index is 0.0140. The lowest BCUT2D eigenvalue weighted by molar-refractivity contribution is -0.121. The molecule has 2 aromatic heterocycles. The van der Waals surface area contributed by atoms with E-state index >= 15 is 0 Å². The highest BCUT2D eigenvalue weighted by atomic mass is 35.5. The molecule has 0 aliphatic rings. The quantitative estimate of drug-likeness (QED) is 0.833. The maximum atomic E-state index is 11.6. The molecule has 2 aromatic rings. The van der Waals surface area contributed by atoms with Gasteiger partial charge in [-0.1, -0.05) is 11.6 Å². The van der Waals surface area contributed by atoms with Crippen LogP contribution in [-0.4, -0.2) is 32.9 Å². The van der Waals surface area contributed by atoms with Gasteiger partial charge in [0.1, 0.15) is 11.3 Å². The fourth-order valence-electron chi connectivity index (χ4n) is 2.04. The summed E-state index contributed by atoms with van der Waals surface area (Å²) in [5.41, 5.74) is 1.47. The highest BCUT2D eigenvalue weighted by Gasteiger charge is 2.13. The van der Waals surface area contributed by atoms with Crippen LogP contribution in [0.25, 0.3) is 11.2 Å². The molecule has 1 amide bonds. The van der Waals surface area contributed by atoms with Gasteiger partial charge < -0.3 is 9.88 Å². The van der Waals surface area contributed by atoms with Gasteiger partial charge in [-0.15, -0.1) is 11.6 Å². The van der Waals surface area contributed by atoms with Gasteiger partial charge in [0, 0.05) is 38.0 Å². The van der Waals surface area contributed by atoms with Crippen molar-refractivity contribution in [3.63, 3.8) is 0 Å². The van der Waals surface area contributed by atoms with Crippen molar-refractivity contribution < 1.29 is 4.79 Å². The number of carbonyl (C=O) groups is 1. The molecule has 0 aliphatic heterocycles. The topological polar surface area (TPSA) is 59.8 Å². The van der Waals surface area contributed by atoms with E-state index in [2.05, 4.69) is 15.3 Å². The van der Waals surface area contributed by atoms with Gasteiger partial charge in [0.2, 0.25) is 5.91 Å². The molecule has 7 heteroatoms. The maximum absolute atomic E-state index is 11.6. The Morgan fingerprint density at radius 1 is 1.50 bits per heavy atom. The number of amides is 1. The maximum Gasteiger partial charge on any atom is 0.221 e. The minimum Gasteiger partial charge on any atom is -0.356 e. The van der Waals surface area contributed by atoms with Crippen molar-refractivity contribution >= 4 is 40.3 Å². The number of pyridine rings is 1. The summed E-state index contributed by atoms with van der Waals surface area (Å²) in [5.74, 6) is 1.31. The van der Waals surface area contributed by atoms with Crippen LogP contribution in [0.1, 0.15) is 19.2 Å². The lowest BCUT2D eigenvalue weighted by Gasteiger charge is -2.07. The molecule has 0 fully saturated rings. The first-order chi connectivity index (χ1) is 9.65. The zero-order valence-corrected chi connectivity index (χ0v) is 12.7. The summed E-state index contributed by atoms with van der Waals surface area (Å²) < 4.78 is 1.93. The zero-order chi connectivity index (χ0) is 14.5. The normalized spacial score (nSPS) is 10.9. The van der Waals surface area contributed by atoms with Gasteiger partial charge in [0.15, 0.2) is 5.65 Å². The van der Waals surface area contributed by atoms with E-state index in [0.29, 0.717) is 36.8 Å². The third-order valence-electron chi connectivity index (χ3n) is 2.89. The van der Waals surface area contributed by atoms with Gasteiger partial charge in [-0.25, -0.2) is 9.97 Å². The fraction of sp³-hybridized carbons (Fsp3) is 0.462. The molecule has 0 saturated heterocycles. The molecule has 0 atom stereocenters. The fourth-order valence-corrected chi connectivity index (χ4v) is 2.36. The van der Waals surface area contributed by atoms with E-state index in [1.54, 1.807) is 12.3 Å². The molecule has 5 nitrogen and oxygen atoms in total. The number of nitrogens with one attached hydrogen (secondary N) is 1. The first-order valence-electron chi connectivity index (χ1n) is 6.49. The second-order valence-corrected chi connectivity index (χ2v) is 5.13. The summed E-state index contributed by atoms with van der Waals surface area (Å²) in [6.07, 6.45) is 2.60. The van der Waals surface area contributed by atoms with Crippen LogP contribution in [-0.2, 0) is 17.8 Å². The second kappa shape index (κ2) is 6.90. The lowest BCUT2D eigenvalue weighted by Crippen LogP contribution is -2.24. The Labute approximate surface area is 127 Å². The van der Waals surface area contributed by atoms with E-state index in [-0.39, 0.29) is 5.91 Å². The third-order valence-corrected chi connectivity index (χ3v) is 3.28. The van der Waals surface area contributed by atoms with Gasteiger partial charge in [0.05, 0.1) is 5.02 Å². The number of halogens is 2. The van der Waals surface area contributed by atoms with E-state index < -0.39 is 0 Å². The molecule has 0 unspecified atom stereocenters. The summed E-state index contributed by atoms with van der Waals surface area (Å²) in [5, 5.41) is 3.32. The Kier molecular flexibility index (Phi) is 5.20. The number of rotatable bonds is 6. The summed E-state index contributed by atoms with van der Waals surface area (Å²) in [6, 6.07) is 1.77. The predicted octanol–water partition coefficient (Wildman–Crippen LogP) is 2.39. The van der Waals surface area contributed by atoms with Crippen LogP contribution in [0.3, 0.4) is 0 Å². The highest BCUT2D eigenvalue weighted by molar-refractivity contribution is 6.31. The van der Waals surface area contributed by atoms with E-state index in [1.807, 2.05) is 11.5 Å². The number of alkyl halides is 1. The molecule has 108 valence electrons. The van der Waals surface area contributed by atoms with Crippen molar-refractivity contribution in [2.45, 2.75) is 26.3 Å². The van der Waals surface area contributed by atoms with Crippen molar-refractivity contribution in [1.82, 2.24) is 19.9 Å². The number of fused-ring (bicyclic) bond motifs is 1. The molecule has 0 aromatic carbocycles. The number of aromatic nitrogens is 3. The van der Waals surface area contributed by atoms with Crippen LogP contribution in [0.2, 0.25) is 5.02 Å². The molecule has 0 radical (unpaired) electrons. The van der Waals surface area contributed by atoms with Gasteiger partial charge >= 0.3 is 0 Å². The predicted molar refractivity (Wildman–Crippen MR) is 80.3 cm³/mol. The second-order valence-electron chi connectivity index (χ2n) is 4.32. The molecule has 0 spiro atoms. The van der Waals surface area contributed by atoms with Crippen LogP contribution in [0.4, 0.5) is 0 Å². The van der Waals surface area contributed by atoms with E-state index in [1.165, 1.54) is 0 Å². The molecule has 1 N–H and O–H groups in total. The smallest absolute Gasteiger partial charge is 0.221 e. The molecule has 0 bridgehead atoms. The van der Waals surface area contributed by atoms with Crippen molar-refractivity contribution in [1.29, 1.82) is 0 Å². The van der Waals surface area contributed by atoms with Gasteiger partial charge in [-0.3, -0.25) is 4.79 Å². The van der Waals surface area contributed by atoms with E-state index in [9.17, 15) is 4.79 Å². The molecular weight excluding hydrogens is 299 g/mol. The number of imidazole rings is 1. The molecule has 2 heterocycles. The Bertz CT molecular complexity index is 612. The van der Waals surface area contributed by atoms with E-state index in [0.717, 1.165) is 17.0 Å². The molecule has 0 saturated carbocycles. The number of aryl methyl sites for hydroxylation is 2. The Morgan fingerprint density at radius 3 is 3.00 bits per heavy atom. The Hall–Kier alpha value is -1.33. The molecule has 20 heavy (non-hydrogen) atoms. The van der Waals surface area contributed by atoms with Gasteiger partial charge in [0.25, 0.3) is 0 Å². The minimum absolute atomic E-state index is 0.0140. The van der Waals surface area contributed by atoms with Crippen molar-refractivity contribution in [3.05, 3.63) is 23.1 Å². The summed E-state index contributed by atoms with van der Waals surface area (Å²) >= 11 is 11.7. The standard InChI is InChI=1S/C13H16Cl2N4O/c1-2-16-12(20)4-6-19-11(3-5-14)18-10-7-9(15)8-17-13(10)19/h7-8H,2-6H2,1H3,(H,16,20).